The predicted octanol–water partition coefficient (Wildman–Crippen LogP) is 3.83. The number of hydrogen-bond donors (Lipinski definition) is 1. The van der Waals surface area contributed by atoms with E-state index in [1.54, 1.807) is 0 Å². The van der Waals surface area contributed by atoms with Crippen molar-refractivity contribution in [1.29, 1.82) is 0 Å². The van der Waals surface area contributed by atoms with E-state index in [2.05, 4.69) is 50.5 Å². The number of ether oxygens (including phenoxy) is 1. The molecule has 0 amide bonds. The van der Waals surface area contributed by atoms with Gasteiger partial charge in [0.05, 0.1) is 5.56 Å². The maximum Gasteiger partial charge on any atom is 0.339 e. The minimum atomic E-state index is -0.413. The largest absolute Gasteiger partial charge is 0.456 e. The molecule has 1 N–H and O–H groups in total. The molecule has 1 aliphatic rings. The number of carbonyl (C=O) groups is 1. The van der Waals surface area contributed by atoms with Crippen LogP contribution in [-0.2, 0) is 4.74 Å². The Labute approximate surface area is 147 Å². The molecule has 1 fully saturated rings. The van der Waals surface area contributed by atoms with E-state index < -0.39 is 5.60 Å². The van der Waals surface area contributed by atoms with Gasteiger partial charge in [-0.2, -0.15) is 0 Å². The molecule has 0 unspecified atom stereocenters. The number of benzene rings is 1. The Morgan fingerprint density at radius 3 is 2.60 bits per heavy atom. The Balaban J connectivity index is 2.11. The SMILES string of the molecule is CC(C)(OC(=O)c1cc(I)ccc1I)C1CCNCC1. The normalized spacial score (nSPS) is 17.0. The van der Waals surface area contributed by atoms with E-state index in [9.17, 15) is 4.79 Å². The summed E-state index contributed by atoms with van der Waals surface area (Å²) >= 11 is 4.40. The highest BCUT2D eigenvalue weighted by Gasteiger charge is 2.34. The fraction of sp³-hybridized carbons (Fsp3) is 0.533. The first kappa shape index (κ1) is 16.5. The molecule has 1 aromatic rings. The number of esters is 1. The van der Waals surface area contributed by atoms with Crippen molar-refractivity contribution in [2.75, 3.05) is 13.1 Å². The van der Waals surface area contributed by atoms with Crippen LogP contribution >= 0.6 is 45.2 Å². The Hall–Kier alpha value is 0.110. The van der Waals surface area contributed by atoms with Gasteiger partial charge in [0.25, 0.3) is 0 Å². The lowest BCUT2D eigenvalue weighted by Crippen LogP contribution is -2.42. The number of hydrogen-bond acceptors (Lipinski definition) is 3. The lowest BCUT2D eigenvalue weighted by Gasteiger charge is -2.36. The monoisotopic (exact) mass is 499 g/mol. The van der Waals surface area contributed by atoms with Crippen LogP contribution < -0.4 is 5.32 Å². The average Bonchev–Trinajstić information content (AvgIpc) is 2.42. The number of halogens is 2. The van der Waals surface area contributed by atoms with Gasteiger partial charge in [-0.05, 0) is 103 Å². The van der Waals surface area contributed by atoms with Crippen LogP contribution in [0.25, 0.3) is 0 Å². The fourth-order valence-electron chi connectivity index (χ4n) is 2.55. The summed E-state index contributed by atoms with van der Waals surface area (Å²) in [6.45, 7) is 6.07. The summed E-state index contributed by atoms with van der Waals surface area (Å²) < 4.78 is 7.81. The summed E-state index contributed by atoms with van der Waals surface area (Å²) in [6, 6.07) is 5.84. The number of rotatable bonds is 3. The number of carbonyl (C=O) groups excluding carboxylic acids is 1. The van der Waals surface area contributed by atoms with Gasteiger partial charge in [-0.3, -0.25) is 0 Å². The molecule has 110 valence electrons. The molecule has 1 aliphatic heterocycles. The molecule has 0 aliphatic carbocycles. The highest BCUT2D eigenvalue weighted by molar-refractivity contribution is 14.1. The molecule has 0 radical (unpaired) electrons. The first-order valence-electron chi connectivity index (χ1n) is 6.79. The molecular weight excluding hydrogens is 480 g/mol. The third-order valence-corrected chi connectivity index (χ3v) is 5.44. The number of piperidine rings is 1. The maximum atomic E-state index is 12.4. The smallest absolute Gasteiger partial charge is 0.339 e. The van der Waals surface area contributed by atoms with Crippen LogP contribution in [0.4, 0.5) is 0 Å². The van der Waals surface area contributed by atoms with E-state index in [1.807, 2.05) is 32.0 Å². The molecular formula is C15H19I2NO2. The summed E-state index contributed by atoms with van der Waals surface area (Å²) in [5, 5.41) is 3.35. The molecule has 1 heterocycles. The summed E-state index contributed by atoms with van der Waals surface area (Å²) in [4.78, 5) is 12.4. The lowest BCUT2D eigenvalue weighted by atomic mass is 9.83. The standard InChI is InChI=1S/C15H19I2NO2/c1-15(2,10-5-7-18-8-6-10)20-14(19)12-9-11(16)3-4-13(12)17/h3-4,9-10,18H,5-8H2,1-2H3. The van der Waals surface area contributed by atoms with E-state index in [4.69, 9.17) is 4.74 Å². The van der Waals surface area contributed by atoms with Crippen molar-refractivity contribution < 1.29 is 9.53 Å². The van der Waals surface area contributed by atoms with Crippen molar-refractivity contribution >= 4 is 51.2 Å². The molecule has 1 saturated heterocycles. The van der Waals surface area contributed by atoms with Gasteiger partial charge in [-0.25, -0.2) is 4.79 Å². The topological polar surface area (TPSA) is 38.3 Å². The third kappa shape index (κ3) is 4.07. The quantitative estimate of drug-likeness (QED) is 0.508. The van der Waals surface area contributed by atoms with Crippen molar-refractivity contribution in [1.82, 2.24) is 5.32 Å². The summed E-state index contributed by atoms with van der Waals surface area (Å²) in [7, 11) is 0. The molecule has 1 aromatic carbocycles. The van der Waals surface area contributed by atoms with E-state index in [1.165, 1.54) is 0 Å². The molecule has 5 heteroatoms. The summed E-state index contributed by atoms with van der Waals surface area (Å²) in [5.41, 5.74) is 0.253. The molecule has 0 aromatic heterocycles. The second-order valence-corrected chi connectivity index (χ2v) is 8.05. The van der Waals surface area contributed by atoms with Gasteiger partial charge in [0.15, 0.2) is 0 Å². The van der Waals surface area contributed by atoms with E-state index in [0.29, 0.717) is 11.5 Å². The lowest BCUT2D eigenvalue weighted by molar-refractivity contribution is -0.0369. The Morgan fingerprint density at radius 2 is 1.95 bits per heavy atom. The number of nitrogens with one attached hydrogen (secondary N) is 1. The zero-order valence-electron chi connectivity index (χ0n) is 11.7. The summed E-state index contributed by atoms with van der Waals surface area (Å²) in [6.07, 6.45) is 2.12. The zero-order chi connectivity index (χ0) is 14.8. The van der Waals surface area contributed by atoms with Crippen LogP contribution in [0.5, 0.6) is 0 Å². The Bertz CT molecular complexity index is 497. The van der Waals surface area contributed by atoms with Gasteiger partial charge in [0.1, 0.15) is 5.60 Å². The van der Waals surface area contributed by atoms with Gasteiger partial charge >= 0.3 is 5.97 Å². The van der Waals surface area contributed by atoms with Gasteiger partial charge in [-0.15, -0.1) is 0 Å². The minimum absolute atomic E-state index is 0.212. The van der Waals surface area contributed by atoms with Crippen molar-refractivity contribution in [3.63, 3.8) is 0 Å². The second-order valence-electron chi connectivity index (χ2n) is 5.64. The zero-order valence-corrected chi connectivity index (χ0v) is 16.0. The van der Waals surface area contributed by atoms with Crippen molar-refractivity contribution in [2.45, 2.75) is 32.3 Å². The van der Waals surface area contributed by atoms with Crippen LogP contribution in [0.3, 0.4) is 0 Å². The van der Waals surface area contributed by atoms with Crippen LogP contribution in [-0.4, -0.2) is 24.7 Å². The molecule has 0 bridgehead atoms. The molecule has 0 atom stereocenters. The van der Waals surface area contributed by atoms with E-state index >= 15 is 0 Å². The fourth-order valence-corrected chi connectivity index (χ4v) is 3.60. The maximum absolute atomic E-state index is 12.4. The highest BCUT2D eigenvalue weighted by atomic mass is 127. The first-order chi connectivity index (χ1) is 9.40. The van der Waals surface area contributed by atoms with Crippen molar-refractivity contribution in [3.05, 3.63) is 30.9 Å². The van der Waals surface area contributed by atoms with Crippen LogP contribution in [0.15, 0.2) is 18.2 Å². The van der Waals surface area contributed by atoms with Crippen molar-refractivity contribution in [2.24, 2.45) is 5.92 Å². The van der Waals surface area contributed by atoms with Crippen molar-refractivity contribution in [3.8, 4) is 0 Å². The molecule has 3 nitrogen and oxygen atoms in total. The molecule has 0 spiro atoms. The average molecular weight is 499 g/mol. The second kappa shape index (κ2) is 6.91. The van der Waals surface area contributed by atoms with Gasteiger partial charge < -0.3 is 10.1 Å². The highest BCUT2D eigenvalue weighted by Crippen LogP contribution is 2.30. The summed E-state index contributed by atoms with van der Waals surface area (Å²) in [5.74, 6) is 0.213. The third-order valence-electron chi connectivity index (χ3n) is 3.83. The van der Waals surface area contributed by atoms with Crippen LogP contribution in [0, 0.1) is 13.1 Å². The minimum Gasteiger partial charge on any atom is -0.456 e. The molecule has 2 rings (SSSR count). The predicted molar refractivity (Wildman–Crippen MR) is 97.0 cm³/mol. The Kier molecular flexibility index (Phi) is 5.70. The van der Waals surface area contributed by atoms with Gasteiger partial charge in [0, 0.05) is 13.1 Å². The Morgan fingerprint density at radius 1 is 1.30 bits per heavy atom. The van der Waals surface area contributed by atoms with E-state index in [0.717, 1.165) is 33.1 Å². The van der Waals surface area contributed by atoms with Gasteiger partial charge in [-0.1, -0.05) is 0 Å². The van der Waals surface area contributed by atoms with Crippen LogP contribution in [0.2, 0.25) is 0 Å². The van der Waals surface area contributed by atoms with Gasteiger partial charge in [0.2, 0.25) is 0 Å². The molecule has 20 heavy (non-hydrogen) atoms. The van der Waals surface area contributed by atoms with E-state index in [-0.39, 0.29) is 5.97 Å². The first-order valence-corrected chi connectivity index (χ1v) is 8.95. The van der Waals surface area contributed by atoms with Crippen LogP contribution in [0.1, 0.15) is 37.0 Å². The molecule has 0 saturated carbocycles.